The van der Waals surface area contributed by atoms with Gasteiger partial charge < -0.3 is 14.8 Å². The van der Waals surface area contributed by atoms with E-state index in [0.29, 0.717) is 17.2 Å². The van der Waals surface area contributed by atoms with Crippen LogP contribution in [-0.4, -0.2) is 32.3 Å². The molecule has 2 aromatic heterocycles. The van der Waals surface area contributed by atoms with Crippen LogP contribution in [0.5, 0.6) is 11.5 Å². The molecule has 0 bridgehead atoms. The lowest BCUT2D eigenvalue weighted by Gasteiger charge is -2.06. The van der Waals surface area contributed by atoms with E-state index >= 15 is 0 Å². The Morgan fingerprint density at radius 1 is 1.30 bits per heavy atom. The van der Waals surface area contributed by atoms with Crippen LogP contribution in [0.15, 0.2) is 24.4 Å². The third kappa shape index (κ3) is 2.37. The number of rotatable bonds is 3. The number of nitrogens with zero attached hydrogens (tertiary/aromatic N) is 4. The topological polar surface area (TPSA) is 83.2 Å². The van der Waals surface area contributed by atoms with E-state index in [-0.39, 0.29) is 19.2 Å². The maximum Gasteiger partial charge on any atom is 0.246 e. The van der Waals surface area contributed by atoms with Gasteiger partial charge in [0.1, 0.15) is 17.6 Å². The minimum absolute atomic E-state index is 0.128. The summed E-state index contributed by atoms with van der Waals surface area (Å²) < 4.78 is 13.9. The molecule has 0 radical (unpaired) electrons. The van der Waals surface area contributed by atoms with E-state index < -0.39 is 0 Å². The van der Waals surface area contributed by atoms with Crippen LogP contribution < -0.4 is 14.8 Å². The predicted octanol–water partition coefficient (Wildman–Crippen LogP) is 1.45. The second-order valence-corrected chi connectivity index (χ2v) is 5.39. The van der Waals surface area contributed by atoms with Gasteiger partial charge in [0.15, 0.2) is 11.5 Å². The Kier molecular flexibility index (Phi) is 2.97. The van der Waals surface area contributed by atoms with Gasteiger partial charge in [0.2, 0.25) is 12.7 Å². The molecule has 118 valence electrons. The fraction of sp³-hybridized carbons (Fsp3) is 0.267. The molecule has 1 amide bonds. The number of fused-ring (bicyclic) bond motifs is 2. The third-order valence-electron chi connectivity index (χ3n) is 3.70. The Morgan fingerprint density at radius 2 is 2.13 bits per heavy atom. The van der Waals surface area contributed by atoms with Crippen molar-refractivity contribution in [1.29, 1.82) is 0 Å². The summed E-state index contributed by atoms with van der Waals surface area (Å²) in [5, 5.41) is 11.5. The molecule has 0 aliphatic carbocycles. The number of anilines is 1. The predicted molar refractivity (Wildman–Crippen MR) is 82.4 cm³/mol. The summed E-state index contributed by atoms with van der Waals surface area (Å²) in [6.45, 7) is 2.23. The number of hydrogen-bond acceptors (Lipinski definition) is 5. The molecule has 3 heterocycles. The van der Waals surface area contributed by atoms with Crippen LogP contribution in [0.4, 0.5) is 5.69 Å². The van der Waals surface area contributed by atoms with Crippen molar-refractivity contribution < 1.29 is 14.3 Å². The van der Waals surface area contributed by atoms with Crippen LogP contribution in [0.3, 0.4) is 0 Å². The monoisotopic (exact) mass is 313 g/mol. The maximum atomic E-state index is 12.2. The SMILES string of the molecule is Cc1nn(C)c2cn(CC(=O)Nc3ccc4c(c3)OCO4)nc12. The zero-order valence-corrected chi connectivity index (χ0v) is 12.7. The highest BCUT2D eigenvalue weighted by atomic mass is 16.7. The number of carbonyl (C=O) groups excluding carboxylic acids is 1. The van der Waals surface area contributed by atoms with Crippen LogP contribution in [-0.2, 0) is 18.4 Å². The minimum atomic E-state index is -0.165. The molecule has 0 spiro atoms. The number of amides is 1. The number of hydrogen-bond donors (Lipinski definition) is 1. The fourth-order valence-electron chi connectivity index (χ4n) is 2.63. The average Bonchev–Trinajstić information content (AvgIpc) is 3.17. The molecule has 23 heavy (non-hydrogen) atoms. The van der Waals surface area contributed by atoms with Gasteiger partial charge in [-0.15, -0.1) is 0 Å². The number of aryl methyl sites for hydroxylation is 2. The molecule has 0 atom stereocenters. The van der Waals surface area contributed by atoms with Crippen molar-refractivity contribution in [2.75, 3.05) is 12.1 Å². The summed E-state index contributed by atoms with van der Waals surface area (Å²) in [5.74, 6) is 1.15. The first-order valence-corrected chi connectivity index (χ1v) is 7.16. The molecule has 1 N–H and O–H groups in total. The Labute approximate surface area is 131 Å². The molecule has 1 aromatic carbocycles. The smallest absolute Gasteiger partial charge is 0.246 e. The Balaban J connectivity index is 1.49. The minimum Gasteiger partial charge on any atom is -0.454 e. The van der Waals surface area contributed by atoms with Crippen molar-refractivity contribution >= 4 is 22.6 Å². The third-order valence-corrected chi connectivity index (χ3v) is 3.70. The van der Waals surface area contributed by atoms with Crippen molar-refractivity contribution in [3.63, 3.8) is 0 Å². The van der Waals surface area contributed by atoms with Crippen molar-refractivity contribution in [3.05, 3.63) is 30.1 Å². The first kappa shape index (κ1) is 13.6. The standard InChI is InChI=1S/C15H15N5O3/c1-9-15-11(19(2)17-9)6-20(18-15)7-14(21)16-10-3-4-12-13(5-10)23-8-22-12/h3-6H,7-8H2,1-2H3,(H,16,21). The van der Waals surface area contributed by atoms with Crippen molar-refractivity contribution in [2.45, 2.75) is 13.5 Å². The second kappa shape index (κ2) is 5.01. The van der Waals surface area contributed by atoms with E-state index in [1.165, 1.54) is 0 Å². The highest BCUT2D eigenvalue weighted by molar-refractivity contribution is 5.91. The molecule has 0 unspecified atom stereocenters. The summed E-state index contributed by atoms with van der Waals surface area (Å²) in [6.07, 6.45) is 1.81. The van der Waals surface area contributed by atoms with Crippen LogP contribution in [0.25, 0.3) is 11.0 Å². The lowest BCUT2D eigenvalue weighted by Crippen LogP contribution is -2.19. The fourth-order valence-corrected chi connectivity index (χ4v) is 2.63. The lowest BCUT2D eigenvalue weighted by molar-refractivity contribution is -0.116. The molecule has 0 saturated carbocycles. The number of ether oxygens (including phenoxy) is 2. The molecular formula is C15H15N5O3. The highest BCUT2D eigenvalue weighted by Crippen LogP contribution is 2.34. The quantitative estimate of drug-likeness (QED) is 0.791. The molecular weight excluding hydrogens is 298 g/mol. The van der Waals surface area contributed by atoms with Crippen LogP contribution in [0.1, 0.15) is 5.69 Å². The van der Waals surface area contributed by atoms with E-state index in [1.807, 2.05) is 20.2 Å². The van der Waals surface area contributed by atoms with Gasteiger partial charge in [0, 0.05) is 18.8 Å². The van der Waals surface area contributed by atoms with Crippen LogP contribution >= 0.6 is 0 Å². The van der Waals surface area contributed by atoms with Gasteiger partial charge in [0.05, 0.1) is 11.9 Å². The van der Waals surface area contributed by atoms with Gasteiger partial charge in [-0.05, 0) is 19.1 Å². The largest absolute Gasteiger partial charge is 0.454 e. The number of benzene rings is 1. The Bertz CT molecular complexity index is 877. The van der Waals surface area contributed by atoms with Crippen molar-refractivity contribution in [2.24, 2.45) is 7.05 Å². The summed E-state index contributed by atoms with van der Waals surface area (Å²) in [7, 11) is 1.86. The van der Waals surface area contributed by atoms with E-state index in [1.54, 1.807) is 27.6 Å². The first-order valence-electron chi connectivity index (χ1n) is 7.16. The van der Waals surface area contributed by atoms with E-state index in [9.17, 15) is 4.79 Å². The zero-order valence-electron chi connectivity index (χ0n) is 12.7. The molecule has 3 aromatic rings. The van der Waals surface area contributed by atoms with E-state index in [0.717, 1.165) is 16.7 Å². The Morgan fingerprint density at radius 3 is 2.96 bits per heavy atom. The second-order valence-electron chi connectivity index (χ2n) is 5.39. The average molecular weight is 313 g/mol. The molecule has 1 aliphatic rings. The van der Waals surface area contributed by atoms with Gasteiger partial charge in [-0.3, -0.25) is 14.2 Å². The van der Waals surface area contributed by atoms with Gasteiger partial charge in [-0.25, -0.2) is 0 Å². The summed E-state index contributed by atoms with van der Waals surface area (Å²) >= 11 is 0. The molecule has 4 rings (SSSR count). The first-order chi connectivity index (χ1) is 11.1. The molecule has 8 nitrogen and oxygen atoms in total. The molecule has 0 fully saturated rings. The molecule has 1 aliphatic heterocycles. The van der Waals surface area contributed by atoms with Gasteiger partial charge >= 0.3 is 0 Å². The molecule has 8 heteroatoms. The van der Waals surface area contributed by atoms with Crippen molar-refractivity contribution in [1.82, 2.24) is 19.6 Å². The van der Waals surface area contributed by atoms with Gasteiger partial charge in [-0.1, -0.05) is 0 Å². The van der Waals surface area contributed by atoms with Gasteiger partial charge in [-0.2, -0.15) is 10.2 Å². The van der Waals surface area contributed by atoms with Crippen LogP contribution in [0, 0.1) is 6.92 Å². The zero-order chi connectivity index (χ0) is 16.0. The summed E-state index contributed by atoms with van der Waals surface area (Å²) in [6, 6.07) is 5.29. The van der Waals surface area contributed by atoms with Gasteiger partial charge in [0.25, 0.3) is 0 Å². The van der Waals surface area contributed by atoms with Crippen molar-refractivity contribution in [3.8, 4) is 11.5 Å². The summed E-state index contributed by atoms with van der Waals surface area (Å²) in [5.41, 5.74) is 3.22. The lowest BCUT2D eigenvalue weighted by atomic mass is 10.3. The number of carbonyl (C=O) groups is 1. The normalized spacial score (nSPS) is 12.8. The highest BCUT2D eigenvalue weighted by Gasteiger charge is 2.15. The number of nitrogens with one attached hydrogen (secondary N) is 1. The number of aromatic nitrogens is 4. The summed E-state index contributed by atoms with van der Waals surface area (Å²) in [4.78, 5) is 12.2. The molecule has 0 saturated heterocycles. The maximum absolute atomic E-state index is 12.2. The van der Waals surface area contributed by atoms with Crippen LogP contribution in [0.2, 0.25) is 0 Å². The van der Waals surface area contributed by atoms with E-state index in [2.05, 4.69) is 15.5 Å². The Hall–Kier alpha value is -3.03. The van der Waals surface area contributed by atoms with E-state index in [4.69, 9.17) is 9.47 Å².